The van der Waals surface area contributed by atoms with E-state index in [4.69, 9.17) is 5.11 Å². The molecule has 1 heterocycles. The van der Waals surface area contributed by atoms with E-state index in [1.54, 1.807) is 0 Å². The summed E-state index contributed by atoms with van der Waals surface area (Å²) in [4.78, 5) is 42.5. The van der Waals surface area contributed by atoms with Crippen molar-refractivity contribution < 1.29 is 24.5 Å². The average Bonchev–Trinajstić information content (AvgIpc) is 2.25. The lowest BCUT2D eigenvalue weighted by atomic mass is 10.0. The van der Waals surface area contributed by atoms with E-state index in [-0.39, 0.29) is 11.5 Å². The van der Waals surface area contributed by atoms with Gasteiger partial charge in [-0.25, -0.2) is 0 Å². The van der Waals surface area contributed by atoms with Gasteiger partial charge in [-0.05, 0) is 0 Å². The fourth-order valence-corrected chi connectivity index (χ4v) is 2.50. The van der Waals surface area contributed by atoms with E-state index in [2.05, 4.69) is 0 Å². The minimum Gasteiger partial charge on any atom is -0.481 e. The predicted molar refractivity (Wildman–Crippen MR) is 67.4 cm³/mol. The van der Waals surface area contributed by atoms with Crippen LogP contribution in [0.15, 0.2) is 0 Å². The van der Waals surface area contributed by atoms with Crippen molar-refractivity contribution in [2.75, 3.05) is 24.6 Å². The standard InChI is InChI=1S/C9H13N3O7S/c1-6(8(14)15)2-20-3-7(13)10-4-9(5-10,11(16)17)12(18)19/h6H,2-5H2,1H3,(H,14,15)/t6-/m0/s1. The third-order valence-electron chi connectivity index (χ3n) is 2.94. The summed E-state index contributed by atoms with van der Waals surface area (Å²) in [5.41, 5.74) is -2.30. The van der Waals surface area contributed by atoms with Crippen LogP contribution in [0.1, 0.15) is 6.92 Å². The van der Waals surface area contributed by atoms with E-state index >= 15 is 0 Å². The van der Waals surface area contributed by atoms with Gasteiger partial charge in [-0.3, -0.25) is 29.8 Å². The molecule has 0 saturated carbocycles. The Labute approximate surface area is 117 Å². The van der Waals surface area contributed by atoms with E-state index < -0.39 is 46.4 Å². The minimum atomic E-state index is -2.30. The van der Waals surface area contributed by atoms with Crippen molar-refractivity contribution in [2.24, 2.45) is 5.92 Å². The van der Waals surface area contributed by atoms with Crippen molar-refractivity contribution in [1.29, 1.82) is 0 Å². The van der Waals surface area contributed by atoms with Gasteiger partial charge in [0, 0.05) is 5.75 Å². The number of carboxylic acid groups (broad SMARTS) is 1. The molecule has 1 saturated heterocycles. The highest BCUT2D eigenvalue weighted by atomic mass is 32.2. The molecule has 11 heteroatoms. The molecule has 0 aromatic rings. The van der Waals surface area contributed by atoms with Crippen molar-refractivity contribution >= 4 is 23.6 Å². The molecule has 1 amide bonds. The number of nitrogens with zero attached hydrogens (tertiary/aromatic N) is 3. The molecule has 0 aliphatic carbocycles. The smallest absolute Gasteiger partial charge is 0.481 e. The average molecular weight is 307 g/mol. The summed E-state index contributed by atoms with van der Waals surface area (Å²) in [6, 6.07) is 0. The lowest BCUT2D eigenvalue weighted by Crippen LogP contribution is -2.71. The maximum Gasteiger partial charge on any atom is 0.492 e. The fraction of sp³-hybridized carbons (Fsp3) is 0.778. The van der Waals surface area contributed by atoms with Gasteiger partial charge in [-0.15, -0.1) is 0 Å². The Hall–Kier alpha value is -1.91. The summed E-state index contributed by atoms with van der Waals surface area (Å²) >= 11 is 1.08. The molecule has 20 heavy (non-hydrogen) atoms. The molecule has 1 aliphatic heterocycles. The molecule has 1 fully saturated rings. The number of nitro groups is 2. The van der Waals surface area contributed by atoms with E-state index in [1.165, 1.54) is 6.92 Å². The Morgan fingerprint density at radius 3 is 2.25 bits per heavy atom. The van der Waals surface area contributed by atoms with Gasteiger partial charge in [0.2, 0.25) is 5.91 Å². The summed E-state index contributed by atoms with van der Waals surface area (Å²) < 4.78 is 0. The summed E-state index contributed by atoms with van der Waals surface area (Å²) in [6.45, 7) is 0.385. The third kappa shape index (κ3) is 3.15. The molecule has 10 nitrogen and oxygen atoms in total. The van der Waals surface area contributed by atoms with Crippen LogP contribution in [0.3, 0.4) is 0 Å². The third-order valence-corrected chi connectivity index (χ3v) is 4.12. The Kier molecular flexibility index (Phi) is 4.87. The maximum atomic E-state index is 11.6. The molecule has 0 spiro atoms. The number of carboxylic acids is 1. The zero-order valence-corrected chi connectivity index (χ0v) is 11.4. The lowest BCUT2D eigenvalue weighted by molar-refractivity contribution is -0.809. The number of likely N-dealkylation sites (tertiary alicyclic amines) is 1. The van der Waals surface area contributed by atoms with Crippen LogP contribution >= 0.6 is 11.8 Å². The highest BCUT2D eigenvalue weighted by Crippen LogP contribution is 2.26. The van der Waals surface area contributed by atoms with Crippen LogP contribution in [0.2, 0.25) is 0 Å². The van der Waals surface area contributed by atoms with E-state index in [0.29, 0.717) is 0 Å². The molecule has 1 aliphatic rings. The first-order chi connectivity index (χ1) is 9.20. The zero-order chi connectivity index (χ0) is 15.5. The van der Waals surface area contributed by atoms with Crippen LogP contribution in [-0.4, -0.2) is 62.0 Å². The minimum absolute atomic E-state index is 0.0525. The van der Waals surface area contributed by atoms with Crippen LogP contribution in [-0.2, 0) is 9.59 Å². The van der Waals surface area contributed by atoms with Gasteiger partial charge in [0.05, 0.1) is 11.7 Å². The van der Waals surface area contributed by atoms with Crippen LogP contribution in [0.25, 0.3) is 0 Å². The Balaban J connectivity index is 2.40. The summed E-state index contributed by atoms with van der Waals surface area (Å²) in [5.74, 6) is -1.88. The number of carbonyl (C=O) groups is 2. The summed E-state index contributed by atoms with van der Waals surface area (Å²) in [5, 5.41) is 29.9. The first kappa shape index (κ1) is 16.1. The number of rotatable bonds is 7. The summed E-state index contributed by atoms with van der Waals surface area (Å²) in [7, 11) is 0. The van der Waals surface area contributed by atoms with Gasteiger partial charge >= 0.3 is 11.6 Å². The number of aliphatic carboxylic acids is 1. The molecule has 0 aromatic carbocycles. The van der Waals surface area contributed by atoms with E-state index in [9.17, 15) is 29.8 Å². The highest BCUT2D eigenvalue weighted by Gasteiger charge is 2.67. The molecule has 112 valence electrons. The fourth-order valence-electron chi connectivity index (χ4n) is 1.52. The second kappa shape index (κ2) is 6.03. The van der Waals surface area contributed by atoms with Crippen molar-refractivity contribution in [3.63, 3.8) is 0 Å². The van der Waals surface area contributed by atoms with Crippen molar-refractivity contribution in [2.45, 2.75) is 12.6 Å². The molecule has 0 unspecified atom stereocenters. The second-order valence-electron chi connectivity index (χ2n) is 4.50. The predicted octanol–water partition coefficient (Wildman–Crippen LogP) is -0.468. The molecule has 1 rings (SSSR count). The molecule has 1 atom stereocenters. The highest BCUT2D eigenvalue weighted by molar-refractivity contribution is 7.99. The Bertz CT molecular complexity index is 433. The molecule has 1 N–H and O–H groups in total. The van der Waals surface area contributed by atoms with Gasteiger partial charge in [0.15, 0.2) is 13.1 Å². The monoisotopic (exact) mass is 307 g/mol. The molecule has 0 radical (unpaired) electrons. The maximum absolute atomic E-state index is 11.6. The van der Waals surface area contributed by atoms with Gasteiger partial charge in [0.1, 0.15) is 9.85 Å². The first-order valence-electron chi connectivity index (χ1n) is 5.58. The van der Waals surface area contributed by atoms with Crippen molar-refractivity contribution in [3.8, 4) is 0 Å². The molecular formula is C9H13N3O7S. The second-order valence-corrected chi connectivity index (χ2v) is 5.53. The Morgan fingerprint density at radius 1 is 1.35 bits per heavy atom. The first-order valence-corrected chi connectivity index (χ1v) is 6.73. The van der Waals surface area contributed by atoms with Crippen LogP contribution in [0, 0.1) is 26.1 Å². The normalized spacial score (nSPS) is 17.9. The molecule has 0 bridgehead atoms. The lowest BCUT2D eigenvalue weighted by Gasteiger charge is -2.35. The molecule has 0 aromatic heterocycles. The zero-order valence-electron chi connectivity index (χ0n) is 10.6. The quantitative estimate of drug-likeness (QED) is 0.377. The van der Waals surface area contributed by atoms with Crippen molar-refractivity contribution in [3.05, 3.63) is 20.2 Å². The van der Waals surface area contributed by atoms with Crippen LogP contribution in [0.4, 0.5) is 0 Å². The summed E-state index contributed by atoms with van der Waals surface area (Å²) in [6.07, 6.45) is 0. The van der Waals surface area contributed by atoms with Gasteiger partial charge < -0.3 is 10.0 Å². The van der Waals surface area contributed by atoms with E-state index in [1.807, 2.05) is 0 Å². The van der Waals surface area contributed by atoms with Crippen LogP contribution < -0.4 is 0 Å². The number of carbonyl (C=O) groups excluding carboxylic acids is 1. The van der Waals surface area contributed by atoms with Gasteiger partial charge in [0.25, 0.3) is 0 Å². The van der Waals surface area contributed by atoms with Gasteiger partial charge in [-0.1, -0.05) is 6.92 Å². The largest absolute Gasteiger partial charge is 0.492 e. The number of thioether (sulfide) groups is 1. The van der Waals surface area contributed by atoms with Gasteiger partial charge in [-0.2, -0.15) is 11.8 Å². The van der Waals surface area contributed by atoms with E-state index in [0.717, 1.165) is 16.7 Å². The van der Waals surface area contributed by atoms with Crippen molar-refractivity contribution in [1.82, 2.24) is 4.90 Å². The Morgan fingerprint density at radius 2 is 1.85 bits per heavy atom. The number of amides is 1. The number of hydrogen-bond donors (Lipinski definition) is 1. The molecular weight excluding hydrogens is 294 g/mol. The number of hydrogen-bond acceptors (Lipinski definition) is 7. The van der Waals surface area contributed by atoms with Crippen LogP contribution in [0.5, 0.6) is 0 Å². The SMILES string of the molecule is C[C@@H](CSCC(=O)N1CC([N+](=O)[O-])([N+](=O)[O-])C1)C(=O)O. The topological polar surface area (TPSA) is 144 Å².